The molecule has 2 heteroatoms. The molecule has 2 rings (SSSR count). The molecular formula is C13H25NO. The second-order valence-corrected chi connectivity index (χ2v) is 5.28. The molecule has 1 saturated heterocycles. The smallest absolute Gasteiger partial charge is 0.0599 e. The van der Waals surface area contributed by atoms with E-state index in [1.54, 1.807) is 0 Å². The molecule has 0 aromatic carbocycles. The number of piperidine rings is 1. The summed E-state index contributed by atoms with van der Waals surface area (Å²) >= 11 is 0. The Morgan fingerprint density at radius 3 is 2.33 bits per heavy atom. The van der Waals surface area contributed by atoms with Crippen LogP contribution in [0.15, 0.2) is 0 Å². The molecule has 0 unspecified atom stereocenters. The van der Waals surface area contributed by atoms with Crippen LogP contribution in [0.3, 0.4) is 0 Å². The first-order valence-corrected chi connectivity index (χ1v) is 6.62. The van der Waals surface area contributed by atoms with Crippen molar-refractivity contribution in [2.45, 2.75) is 52.1 Å². The monoisotopic (exact) mass is 211 g/mol. The van der Waals surface area contributed by atoms with E-state index >= 15 is 0 Å². The minimum atomic E-state index is 0.544. The molecule has 0 aromatic heterocycles. The Morgan fingerprint density at radius 1 is 1.20 bits per heavy atom. The van der Waals surface area contributed by atoms with Crippen LogP contribution in [-0.2, 0) is 4.74 Å². The van der Waals surface area contributed by atoms with E-state index in [0.717, 1.165) is 12.0 Å². The molecule has 0 spiro atoms. The Balaban J connectivity index is 1.69. The largest absolute Gasteiger partial charge is 0.378 e. The second-order valence-electron chi connectivity index (χ2n) is 5.28. The van der Waals surface area contributed by atoms with E-state index in [1.807, 2.05) is 0 Å². The topological polar surface area (TPSA) is 12.5 Å². The summed E-state index contributed by atoms with van der Waals surface area (Å²) in [4.78, 5) is 2.66. The maximum atomic E-state index is 5.68. The minimum Gasteiger partial charge on any atom is -0.378 e. The number of likely N-dealkylation sites (tertiary alicyclic amines) is 1. The molecule has 1 aliphatic carbocycles. The lowest BCUT2D eigenvalue weighted by Gasteiger charge is -2.34. The molecule has 0 radical (unpaired) electrons. The molecule has 2 nitrogen and oxygen atoms in total. The molecule has 88 valence electrons. The van der Waals surface area contributed by atoms with Gasteiger partial charge in [-0.3, -0.25) is 0 Å². The lowest BCUT2D eigenvalue weighted by atomic mass is 10.0. The standard InChI is InChI=1S/C13H25NO/c1-3-13(7-8-13)11-14-9-5-12(6-10-14)15-4-2/h12H,3-11H2,1-2H3. The fraction of sp³-hybridized carbons (Fsp3) is 1.00. The molecule has 2 fully saturated rings. The van der Waals surface area contributed by atoms with Crippen LogP contribution in [0.25, 0.3) is 0 Å². The zero-order chi connectivity index (χ0) is 10.7. The summed E-state index contributed by atoms with van der Waals surface area (Å²) in [6.07, 6.45) is 7.34. The summed E-state index contributed by atoms with van der Waals surface area (Å²) in [5, 5.41) is 0. The normalized spacial score (nSPS) is 26.8. The number of hydrogen-bond donors (Lipinski definition) is 0. The fourth-order valence-corrected chi connectivity index (χ4v) is 2.74. The fourth-order valence-electron chi connectivity index (χ4n) is 2.74. The van der Waals surface area contributed by atoms with Crippen LogP contribution in [0.4, 0.5) is 0 Å². The Kier molecular flexibility index (Phi) is 3.68. The van der Waals surface area contributed by atoms with Gasteiger partial charge in [0.15, 0.2) is 0 Å². The lowest BCUT2D eigenvalue weighted by Crippen LogP contribution is -2.40. The molecule has 15 heavy (non-hydrogen) atoms. The Bertz CT molecular complexity index is 193. The van der Waals surface area contributed by atoms with Gasteiger partial charge in [0.1, 0.15) is 0 Å². The van der Waals surface area contributed by atoms with Crippen LogP contribution in [0, 0.1) is 5.41 Å². The van der Waals surface area contributed by atoms with Crippen molar-refractivity contribution in [1.82, 2.24) is 4.90 Å². The maximum absolute atomic E-state index is 5.68. The van der Waals surface area contributed by atoms with E-state index in [1.165, 1.54) is 51.7 Å². The number of rotatable bonds is 5. The summed E-state index contributed by atoms with van der Waals surface area (Å²) in [5.41, 5.74) is 0.721. The van der Waals surface area contributed by atoms with Gasteiger partial charge < -0.3 is 9.64 Å². The highest BCUT2D eigenvalue weighted by atomic mass is 16.5. The van der Waals surface area contributed by atoms with Crippen molar-refractivity contribution in [2.24, 2.45) is 5.41 Å². The van der Waals surface area contributed by atoms with Crippen LogP contribution in [0.2, 0.25) is 0 Å². The highest BCUT2D eigenvalue weighted by molar-refractivity contribution is 4.95. The van der Waals surface area contributed by atoms with Crippen molar-refractivity contribution in [2.75, 3.05) is 26.2 Å². The van der Waals surface area contributed by atoms with E-state index in [4.69, 9.17) is 4.74 Å². The summed E-state index contributed by atoms with van der Waals surface area (Å²) < 4.78 is 5.68. The van der Waals surface area contributed by atoms with Crippen LogP contribution in [0.1, 0.15) is 46.0 Å². The van der Waals surface area contributed by atoms with Crippen LogP contribution < -0.4 is 0 Å². The van der Waals surface area contributed by atoms with Crippen LogP contribution in [-0.4, -0.2) is 37.2 Å². The third kappa shape index (κ3) is 2.94. The van der Waals surface area contributed by atoms with Gasteiger partial charge in [-0.05, 0) is 44.4 Å². The summed E-state index contributed by atoms with van der Waals surface area (Å²) in [6, 6.07) is 0. The molecule has 1 heterocycles. The number of hydrogen-bond acceptors (Lipinski definition) is 2. The van der Waals surface area contributed by atoms with E-state index in [2.05, 4.69) is 18.7 Å². The first-order valence-electron chi connectivity index (χ1n) is 6.62. The van der Waals surface area contributed by atoms with E-state index < -0.39 is 0 Å². The predicted molar refractivity (Wildman–Crippen MR) is 63.0 cm³/mol. The Morgan fingerprint density at radius 2 is 1.87 bits per heavy atom. The van der Waals surface area contributed by atoms with Crippen LogP contribution in [0.5, 0.6) is 0 Å². The van der Waals surface area contributed by atoms with E-state index in [0.29, 0.717) is 6.10 Å². The molecule has 0 aromatic rings. The van der Waals surface area contributed by atoms with E-state index in [-0.39, 0.29) is 0 Å². The minimum absolute atomic E-state index is 0.544. The molecular weight excluding hydrogens is 186 g/mol. The molecule has 2 aliphatic rings. The zero-order valence-corrected chi connectivity index (χ0v) is 10.3. The predicted octanol–water partition coefficient (Wildman–Crippen LogP) is 2.68. The van der Waals surface area contributed by atoms with Gasteiger partial charge in [0.25, 0.3) is 0 Å². The third-order valence-corrected chi connectivity index (χ3v) is 4.20. The van der Waals surface area contributed by atoms with Gasteiger partial charge in [-0.15, -0.1) is 0 Å². The van der Waals surface area contributed by atoms with Crippen molar-refractivity contribution < 1.29 is 4.74 Å². The van der Waals surface area contributed by atoms with Gasteiger partial charge in [-0.2, -0.15) is 0 Å². The number of ether oxygens (including phenoxy) is 1. The van der Waals surface area contributed by atoms with Crippen molar-refractivity contribution >= 4 is 0 Å². The first-order chi connectivity index (χ1) is 7.28. The Hall–Kier alpha value is -0.0800. The second kappa shape index (κ2) is 4.84. The van der Waals surface area contributed by atoms with Gasteiger partial charge in [-0.25, -0.2) is 0 Å². The van der Waals surface area contributed by atoms with Crippen LogP contribution >= 0.6 is 0 Å². The average molecular weight is 211 g/mol. The molecule has 1 saturated carbocycles. The van der Waals surface area contributed by atoms with Crippen molar-refractivity contribution in [3.8, 4) is 0 Å². The number of nitrogens with zero attached hydrogens (tertiary/aromatic N) is 1. The van der Waals surface area contributed by atoms with Crippen molar-refractivity contribution in [1.29, 1.82) is 0 Å². The molecule has 0 N–H and O–H groups in total. The zero-order valence-electron chi connectivity index (χ0n) is 10.3. The molecule has 1 aliphatic heterocycles. The Labute approximate surface area is 94.0 Å². The summed E-state index contributed by atoms with van der Waals surface area (Å²) in [6.45, 7) is 9.19. The van der Waals surface area contributed by atoms with Gasteiger partial charge in [0.05, 0.1) is 6.10 Å². The quantitative estimate of drug-likeness (QED) is 0.693. The highest BCUT2D eigenvalue weighted by Gasteiger charge is 2.42. The van der Waals surface area contributed by atoms with Gasteiger partial charge in [-0.1, -0.05) is 6.92 Å². The summed E-state index contributed by atoms with van der Waals surface area (Å²) in [7, 11) is 0. The van der Waals surface area contributed by atoms with Crippen molar-refractivity contribution in [3.63, 3.8) is 0 Å². The highest BCUT2D eigenvalue weighted by Crippen LogP contribution is 2.49. The van der Waals surface area contributed by atoms with Crippen molar-refractivity contribution in [3.05, 3.63) is 0 Å². The van der Waals surface area contributed by atoms with Gasteiger partial charge in [0.2, 0.25) is 0 Å². The summed E-state index contributed by atoms with van der Waals surface area (Å²) in [5.74, 6) is 0. The average Bonchev–Trinajstić information content (AvgIpc) is 3.02. The molecule has 0 bridgehead atoms. The molecule has 0 amide bonds. The SMILES string of the molecule is CCOC1CCN(CC2(CC)CC2)CC1. The maximum Gasteiger partial charge on any atom is 0.0599 e. The first kappa shape index (κ1) is 11.4. The van der Waals surface area contributed by atoms with Gasteiger partial charge >= 0.3 is 0 Å². The van der Waals surface area contributed by atoms with E-state index in [9.17, 15) is 0 Å². The molecule has 0 atom stereocenters. The van der Waals surface area contributed by atoms with Gasteiger partial charge in [0, 0.05) is 26.2 Å². The third-order valence-electron chi connectivity index (χ3n) is 4.20. The lowest BCUT2D eigenvalue weighted by molar-refractivity contribution is 0.00980.